The maximum Gasteiger partial charge on any atom is 0.223 e. The number of H-pyrrole nitrogens is 1. The van der Waals surface area contributed by atoms with E-state index in [0.717, 1.165) is 68.0 Å². The van der Waals surface area contributed by atoms with Crippen LogP contribution in [-0.4, -0.2) is 37.9 Å². The molecule has 0 bridgehead atoms. The number of pyridine rings is 1. The molecule has 1 amide bonds. The molecule has 0 radical (unpaired) electrons. The van der Waals surface area contributed by atoms with Crippen molar-refractivity contribution in [2.75, 3.05) is 5.32 Å². The lowest BCUT2D eigenvalue weighted by atomic mass is 9.89. The average molecular weight is 423 g/mol. The topological polar surface area (TPSA) is 95.6 Å². The zero-order chi connectivity index (χ0) is 21.2. The van der Waals surface area contributed by atoms with Gasteiger partial charge in [-0.25, -0.2) is 19.3 Å². The van der Waals surface area contributed by atoms with Gasteiger partial charge in [0, 0.05) is 41.3 Å². The largest absolute Gasteiger partial charge is 0.363 e. The van der Waals surface area contributed by atoms with Crippen LogP contribution >= 0.6 is 0 Å². The molecule has 5 rings (SSSR count). The first kappa shape index (κ1) is 19.9. The second-order valence-electron chi connectivity index (χ2n) is 8.62. The number of rotatable bonds is 5. The van der Waals surface area contributed by atoms with E-state index in [1.54, 1.807) is 12.4 Å². The first-order valence-electron chi connectivity index (χ1n) is 11.2. The second kappa shape index (κ2) is 8.61. The number of amides is 1. The molecule has 2 saturated carbocycles. The Hall–Kier alpha value is -3.03. The molecule has 2 fully saturated rings. The van der Waals surface area contributed by atoms with E-state index in [4.69, 9.17) is 0 Å². The maximum absolute atomic E-state index is 14.6. The van der Waals surface area contributed by atoms with Gasteiger partial charge in [-0.2, -0.15) is 0 Å². The zero-order valence-electron chi connectivity index (χ0n) is 17.4. The Morgan fingerprint density at radius 3 is 2.68 bits per heavy atom. The predicted molar refractivity (Wildman–Crippen MR) is 117 cm³/mol. The lowest BCUT2D eigenvalue weighted by Gasteiger charge is -2.34. The molecule has 0 saturated heterocycles. The number of halogens is 1. The van der Waals surface area contributed by atoms with E-state index >= 15 is 0 Å². The van der Waals surface area contributed by atoms with Crippen molar-refractivity contribution in [3.63, 3.8) is 0 Å². The van der Waals surface area contributed by atoms with Crippen molar-refractivity contribution in [3.05, 3.63) is 36.5 Å². The Morgan fingerprint density at radius 1 is 1.06 bits per heavy atom. The molecular weight excluding hydrogens is 395 g/mol. The van der Waals surface area contributed by atoms with Gasteiger partial charge < -0.3 is 15.6 Å². The van der Waals surface area contributed by atoms with Crippen molar-refractivity contribution in [2.45, 2.75) is 63.5 Å². The first-order chi connectivity index (χ1) is 15.2. The number of hydrogen-bond donors (Lipinski definition) is 3. The fourth-order valence-corrected chi connectivity index (χ4v) is 4.88. The van der Waals surface area contributed by atoms with Crippen molar-refractivity contribution in [1.29, 1.82) is 0 Å². The summed E-state index contributed by atoms with van der Waals surface area (Å²) in [5, 5.41) is 7.40. The van der Waals surface area contributed by atoms with E-state index in [0.29, 0.717) is 5.82 Å². The van der Waals surface area contributed by atoms with Gasteiger partial charge in [0.25, 0.3) is 0 Å². The van der Waals surface area contributed by atoms with Crippen LogP contribution in [0.25, 0.3) is 22.4 Å². The minimum absolute atomic E-state index is 0.0167. The quantitative estimate of drug-likeness (QED) is 0.573. The minimum Gasteiger partial charge on any atom is -0.363 e. The average Bonchev–Trinajstić information content (AvgIpc) is 3.47. The van der Waals surface area contributed by atoms with Crippen LogP contribution in [0.1, 0.15) is 51.4 Å². The van der Waals surface area contributed by atoms with Gasteiger partial charge in [-0.3, -0.25) is 4.79 Å². The lowest BCUT2D eigenvalue weighted by Crippen LogP contribution is -2.50. The Bertz CT molecular complexity index is 1080. The summed E-state index contributed by atoms with van der Waals surface area (Å²) in [4.78, 5) is 28.8. The smallest absolute Gasteiger partial charge is 0.223 e. The minimum atomic E-state index is -0.492. The monoisotopic (exact) mass is 422 g/mol. The summed E-state index contributed by atoms with van der Waals surface area (Å²) in [5.41, 5.74) is 1.52. The highest BCUT2D eigenvalue weighted by Gasteiger charge is 2.31. The molecule has 2 aliphatic carbocycles. The van der Waals surface area contributed by atoms with Gasteiger partial charge in [0.15, 0.2) is 17.5 Å². The molecular formula is C23H27FN6O. The van der Waals surface area contributed by atoms with Crippen LogP contribution in [0.2, 0.25) is 0 Å². The normalized spacial score (nSPS) is 22.0. The predicted octanol–water partition coefficient (Wildman–Crippen LogP) is 4.19. The molecule has 3 aromatic rings. The maximum atomic E-state index is 14.6. The van der Waals surface area contributed by atoms with Crippen LogP contribution in [0.4, 0.5) is 10.2 Å². The number of aromatic amines is 1. The molecule has 0 aliphatic heterocycles. The first-order valence-corrected chi connectivity index (χ1v) is 11.2. The summed E-state index contributed by atoms with van der Waals surface area (Å²) in [6.45, 7) is 0. The highest BCUT2D eigenvalue weighted by Crippen LogP contribution is 2.29. The number of fused-ring (bicyclic) bond motifs is 1. The van der Waals surface area contributed by atoms with Crippen molar-refractivity contribution < 1.29 is 9.18 Å². The van der Waals surface area contributed by atoms with Crippen molar-refractivity contribution >= 4 is 22.8 Å². The van der Waals surface area contributed by atoms with Crippen LogP contribution in [0.15, 0.2) is 30.7 Å². The number of anilines is 1. The van der Waals surface area contributed by atoms with E-state index < -0.39 is 5.82 Å². The van der Waals surface area contributed by atoms with Gasteiger partial charge in [0.05, 0.1) is 6.20 Å². The molecule has 162 valence electrons. The van der Waals surface area contributed by atoms with Crippen molar-refractivity contribution in [1.82, 2.24) is 25.3 Å². The summed E-state index contributed by atoms with van der Waals surface area (Å²) in [7, 11) is 0. The molecule has 7 nitrogen and oxygen atoms in total. The number of hydrogen-bond acceptors (Lipinski definition) is 5. The number of aromatic nitrogens is 4. The summed E-state index contributed by atoms with van der Waals surface area (Å²) >= 11 is 0. The fourth-order valence-electron chi connectivity index (χ4n) is 4.88. The van der Waals surface area contributed by atoms with Crippen molar-refractivity contribution in [2.24, 2.45) is 5.92 Å². The molecule has 3 N–H and O–H groups in total. The SMILES string of the molecule is O=C(N[C@@H]1CCCCC1Nc1nc(-c2c[nH]c3ncccc23)ncc1F)C1CCCC1. The molecule has 31 heavy (non-hydrogen) atoms. The molecule has 2 aliphatic rings. The Labute approximate surface area is 180 Å². The van der Waals surface area contributed by atoms with Gasteiger partial charge >= 0.3 is 0 Å². The number of carbonyl (C=O) groups is 1. The van der Waals surface area contributed by atoms with Gasteiger partial charge in [0.2, 0.25) is 5.91 Å². The van der Waals surface area contributed by atoms with E-state index in [9.17, 15) is 9.18 Å². The Morgan fingerprint density at radius 2 is 1.84 bits per heavy atom. The van der Waals surface area contributed by atoms with Crippen LogP contribution in [0, 0.1) is 11.7 Å². The lowest BCUT2D eigenvalue weighted by molar-refractivity contribution is -0.125. The third-order valence-corrected chi connectivity index (χ3v) is 6.58. The number of carbonyl (C=O) groups excluding carboxylic acids is 1. The Balaban J connectivity index is 1.36. The Kier molecular flexibility index (Phi) is 5.53. The molecule has 2 atom stereocenters. The van der Waals surface area contributed by atoms with E-state index in [1.165, 1.54) is 6.20 Å². The van der Waals surface area contributed by atoms with Crippen LogP contribution < -0.4 is 10.6 Å². The molecule has 0 aromatic carbocycles. The van der Waals surface area contributed by atoms with Crippen LogP contribution in [-0.2, 0) is 4.79 Å². The van der Waals surface area contributed by atoms with E-state index in [2.05, 4.69) is 30.6 Å². The standard InChI is InChI=1S/C23H27FN6O/c24-17-13-27-21(16-12-26-20-15(16)8-5-11-25-20)30-22(17)28-18-9-3-4-10-19(18)29-23(31)14-6-1-2-7-14/h5,8,11-14,18-19H,1-4,6-7,9-10H2,(H,25,26)(H,29,31)(H,27,28,30)/t18?,19-/m1/s1. The van der Waals surface area contributed by atoms with E-state index in [1.807, 2.05) is 12.1 Å². The zero-order valence-corrected chi connectivity index (χ0v) is 17.4. The molecule has 8 heteroatoms. The summed E-state index contributed by atoms with van der Waals surface area (Å²) in [5.74, 6) is 0.390. The van der Waals surface area contributed by atoms with Gasteiger partial charge in [-0.1, -0.05) is 25.7 Å². The number of nitrogens with zero attached hydrogens (tertiary/aromatic N) is 3. The summed E-state index contributed by atoms with van der Waals surface area (Å²) < 4.78 is 14.6. The third-order valence-electron chi connectivity index (χ3n) is 6.58. The highest BCUT2D eigenvalue weighted by atomic mass is 19.1. The molecule has 3 aromatic heterocycles. The summed E-state index contributed by atoms with van der Waals surface area (Å²) in [6, 6.07) is 3.71. The molecule has 0 spiro atoms. The van der Waals surface area contributed by atoms with E-state index in [-0.39, 0.29) is 29.7 Å². The van der Waals surface area contributed by atoms with Crippen molar-refractivity contribution in [3.8, 4) is 11.4 Å². The molecule has 1 unspecified atom stereocenters. The third kappa shape index (κ3) is 4.11. The highest BCUT2D eigenvalue weighted by molar-refractivity contribution is 5.91. The fraction of sp³-hybridized carbons (Fsp3) is 0.478. The molecule has 3 heterocycles. The van der Waals surface area contributed by atoms with Crippen LogP contribution in [0.5, 0.6) is 0 Å². The van der Waals surface area contributed by atoms with Gasteiger partial charge in [-0.15, -0.1) is 0 Å². The summed E-state index contributed by atoms with van der Waals surface area (Å²) in [6.07, 6.45) is 12.8. The second-order valence-corrected chi connectivity index (χ2v) is 8.62. The number of nitrogens with one attached hydrogen (secondary N) is 3. The van der Waals surface area contributed by atoms with Gasteiger partial charge in [0.1, 0.15) is 5.65 Å². The van der Waals surface area contributed by atoms with Crippen LogP contribution in [0.3, 0.4) is 0 Å². The van der Waals surface area contributed by atoms with Gasteiger partial charge in [-0.05, 0) is 37.8 Å².